The van der Waals surface area contributed by atoms with Crippen molar-refractivity contribution in [2.45, 2.75) is 26.7 Å². The summed E-state index contributed by atoms with van der Waals surface area (Å²) in [5.41, 5.74) is 2.76. The first-order chi connectivity index (χ1) is 10.5. The molecule has 6 heteroatoms. The lowest BCUT2D eigenvalue weighted by Crippen LogP contribution is -2.24. The Morgan fingerprint density at radius 3 is 2.73 bits per heavy atom. The quantitative estimate of drug-likeness (QED) is 0.945. The van der Waals surface area contributed by atoms with Crippen LogP contribution in [0.1, 0.15) is 34.7 Å². The molecule has 0 bridgehead atoms. The number of benzene rings is 1. The monoisotopic (exact) mass is 299 g/mol. The maximum atomic E-state index is 12.0. The van der Waals surface area contributed by atoms with E-state index in [2.05, 4.69) is 10.5 Å². The highest BCUT2D eigenvalue weighted by Gasteiger charge is 2.23. The minimum Gasteiger partial charge on any atom is -0.361 e. The number of amides is 2. The first-order valence-electron chi connectivity index (χ1n) is 7.20. The Bertz CT molecular complexity index is 736. The number of aromatic nitrogens is 1. The SMILES string of the molecule is Cc1cc(C(=O)Nc2ccc(N3CCCC3=O)c(C)c2)no1. The molecule has 1 aromatic heterocycles. The van der Waals surface area contributed by atoms with E-state index in [0.29, 0.717) is 17.9 Å². The van der Waals surface area contributed by atoms with Crippen LogP contribution in [0.2, 0.25) is 0 Å². The molecule has 0 saturated carbocycles. The molecule has 1 fully saturated rings. The van der Waals surface area contributed by atoms with E-state index in [1.54, 1.807) is 24.0 Å². The first-order valence-corrected chi connectivity index (χ1v) is 7.20. The summed E-state index contributed by atoms with van der Waals surface area (Å²) >= 11 is 0. The van der Waals surface area contributed by atoms with Crippen molar-refractivity contribution < 1.29 is 14.1 Å². The number of nitrogens with one attached hydrogen (secondary N) is 1. The lowest BCUT2D eigenvalue weighted by Gasteiger charge is -2.19. The zero-order chi connectivity index (χ0) is 15.7. The van der Waals surface area contributed by atoms with Crippen LogP contribution in [0, 0.1) is 13.8 Å². The highest BCUT2D eigenvalue weighted by atomic mass is 16.5. The Hall–Kier alpha value is -2.63. The average molecular weight is 299 g/mol. The van der Waals surface area contributed by atoms with Gasteiger partial charge in [0.15, 0.2) is 5.69 Å². The van der Waals surface area contributed by atoms with Crippen LogP contribution in [0.4, 0.5) is 11.4 Å². The summed E-state index contributed by atoms with van der Waals surface area (Å²) in [4.78, 5) is 25.6. The molecule has 1 aliphatic heterocycles. The van der Waals surface area contributed by atoms with E-state index < -0.39 is 0 Å². The molecule has 0 radical (unpaired) electrons. The first kappa shape index (κ1) is 14.3. The standard InChI is InChI=1S/C16H17N3O3/c1-10-8-12(17-16(21)13-9-11(2)22-18-13)5-6-14(10)19-7-3-4-15(19)20/h5-6,8-9H,3-4,7H2,1-2H3,(H,17,21). The molecule has 2 heterocycles. The summed E-state index contributed by atoms with van der Waals surface area (Å²) in [5, 5.41) is 6.46. The number of rotatable bonds is 3. The maximum absolute atomic E-state index is 12.0. The van der Waals surface area contributed by atoms with E-state index in [0.717, 1.165) is 24.2 Å². The predicted molar refractivity (Wildman–Crippen MR) is 82.0 cm³/mol. The van der Waals surface area contributed by atoms with Crippen LogP contribution in [0.25, 0.3) is 0 Å². The molecule has 114 valence electrons. The number of aryl methyl sites for hydroxylation is 2. The van der Waals surface area contributed by atoms with Gasteiger partial charge in [0.05, 0.1) is 0 Å². The van der Waals surface area contributed by atoms with Crippen LogP contribution in [0.5, 0.6) is 0 Å². The summed E-state index contributed by atoms with van der Waals surface area (Å²) in [6, 6.07) is 7.09. The van der Waals surface area contributed by atoms with Crippen molar-refractivity contribution in [3.8, 4) is 0 Å². The van der Waals surface area contributed by atoms with Crippen molar-refractivity contribution in [1.82, 2.24) is 5.16 Å². The van der Waals surface area contributed by atoms with Crippen molar-refractivity contribution >= 4 is 23.2 Å². The van der Waals surface area contributed by atoms with Gasteiger partial charge in [-0.2, -0.15) is 0 Å². The van der Waals surface area contributed by atoms with Crippen molar-refractivity contribution in [3.05, 3.63) is 41.3 Å². The Morgan fingerprint density at radius 2 is 2.14 bits per heavy atom. The Morgan fingerprint density at radius 1 is 1.32 bits per heavy atom. The van der Waals surface area contributed by atoms with Gasteiger partial charge in [-0.15, -0.1) is 0 Å². The second-order valence-electron chi connectivity index (χ2n) is 5.43. The number of anilines is 2. The van der Waals surface area contributed by atoms with Crippen molar-refractivity contribution in [1.29, 1.82) is 0 Å². The van der Waals surface area contributed by atoms with Crippen LogP contribution in [-0.4, -0.2) is 23.5 Å². The third-order valence-electron chi connectivity index (χ3n) is 3.68. The molecular formula is C16H17N3O3. The third kappa shape index (κ3) is 2.72. The second-order valence-corrected chi connectivity index (χ2v) is 5.43. The van der Waals surface area contributed by atoms with Gasteiger partial charge in [-0.25, -0.2) is 0 Å². The molecule has 1 aliphatic rings. The maximum Gasteiger partial charge on any atom is 0.277 e. The molecule has 1 saturated heterocycles. The van der Waals surface area contributed by atoms with E-state index in [4.69, 9.17) is 4.52 Å². The minimum atomic E-state index is -0.318. The fraction of sp³-hybridized carbons (Fsp3) is 0.312. The van der Waals surface area contributed by atoms with E-state index in [9.17, 15) is 9.59 Å². The highest BCUT2D eigenvalue weighted by molar-refractivity contribution is 6.03. The third-order valence-corrected chi connectivity index (χ3v) is 3.68. The zero-order valence-electron chi connectivity index (χ0n) is 12.5. The van der Waals surface area contributed by atoms with Crippen LogP contribution < -0.4 is 10.2 Å². The lowest BCUT2D eigenvalue weighted by atomic mass is 10.1. The number of carbonyl (C=O) groups is 2. The molecule has 22 heavy (non-hydrogen) atoms. The summed E-state index contributed by atoms with van der Waals surface area (Å²) in [5.74, 6) is 0.420. The molecule has 0 aliphatic carbocycles. The van der Waals surface area contributed by atoms with Gasteiger partial charge in [-0.3, -0.25) is 9.59 Å². The summed E-state index contributed by atoms with van der Waals surface area (Å²) in [7, 11) is 0. The summed E-state index contributed by atoms with van der Waals surface area (Å²) in [6.45, 7) is 4.41. The highest BCUT2D eigenvalue weighted by Crippen LogP contribution is 2.27. The molecule has 1 aromatic carbocycles. The van der Waals surface area contributed by atoms with Crippen molar-refractivity contribution in [2.24, 2.45) is 0 Å². The van der Waals surface area contributed by atoms with Gasteiger partial charge in [-0.1, -0.05) is 5.16 Å². The van der Waals surface area contributed by atoms with Gasteiger partial charge >= 0.3 is 0 Å². The van der Waals surface area contributed by atoms with Gasteiger partial charge in [-0.05, 0) is 44.0 Å². The number of carbonyl (C=O) groups excluding carboxylic acids is 2. The fourth-order valence-electron chi connectivity index (χ4n) is 2.61. The van der Waals surface area contributed by atoms with Crippen LogP contribution >= 0.6 is 0 Å². The lowest BCUT2D eigenvalue weighted by molar-refractivity contribution is -0.117. The van der Waals surface area contributed by atoms with Gasteiger partial charge < -0.3 is 14.7 Å². The van der Waals surface area contributed by atoms with Crippen LogP contribution in [0.15, 0.2) is 28.8 Å². The van der Waals surface area contributed by atoms with E-state index in [-0.39, 0.29) is 17.5 Å². The summed E-state index contributed by atoms with van der Waals surface area (Å²) in [6.07, 6.45) is 1.49. The molecule has 0 spiro atoms. The molecule has 6 nitrogen and oxygen atoms in total. The van der Waals surface area contributed by atoms with Gasteiger partial charge in [0.2, 0.25) is 5.91 Å². The molecule has 3 rings (SSSR count). The molecular weight excluding hydrogens is 282 g/mol. The van der Waals surface area contributed by atoms with Crippen molar-refractivity contribution in [3.63, 3.8) is 0 Å². The number of nitrogens with zero attached hydrogens (tertiary/aromatic N) is 2. The number of hydrogen-bond acceptors (Lipinski definition) is 4. The van der Waals surface area contributed by atoms with E-state index in [1.807, 2.05) is 19.1 Å². The summed E-state index contributed by atoms with van der Waals surface area (Å²) < 4.78 is 4.89. The number of hydrogen-bond donors (Lipinski definition) is 1. The largest absolute Gasteiger partial charge is 0.361 e. The Kier molecular flexibility index (Phi) is 3.66. The minimum absolute atomic E-state index is 0.151. The van der Waals surface area contributed by atoms with Crippen LogP contribution in [-0.2, 0) is 4.79 Å². The van der Waals surface area contributed by atoms with E-state index >= 15 is 0 Å². The van der Waals surface area contributed by atoms with Crippen molar-refractivity contribution in [2.75, 3.05) is 16.8 Å². The molecule has 0 unspecified atom stereocenters. The van der Waals surface area contributed by atoms with Gasteiger partial charge in [0, 0.05) is 30.4 Å². The van der Waals surface area contributed by atoms with Gasteiger partial charge in [0.1, 0.15) is 5.76 Å². The Balaban J connectivity index is 1.77. The van der Waals surface area contributed by atoms with Gasteiger partial charge in [0.25, 0.3) is 5.91 Å². The average Bonchev–Trinajstić information content (AvgIpc) is 3.08. The molecule has 1 N–H and O–H groups in total. The van der Waals surface area contributed by atoms with E-state index in [1.165, 1.54) is 0 Å². The smallest absolute Gasteiger partial charge is 0.277 e. The molecule has 2 aromatic rings. The zero-order valence-corrected chi connectivity index (χ0v) is 12.5. The fourth-order valence-corrected chi connectivity index (χ4v) is 2.61. The second kappa shape index (κ2) is 5.63. The van der Waals surface area contributed by atoms with Crippen LogP contribution in [0.3, 0.4) is 0 Å². The topological polar surface area (TPSA) is 75.4 Å². The Labute approximate surface area is 128 Å². The normalized spacial score (nSPS) is 14.5. The predicted octanol–water partition coefficient (Wildman–Crippen LogP) is 2.67. The molecule has 2 amide bonds. The molecule has 0 atom stereocenters.